The molecule has 0 N–H and O–H groups in total. The number of hydrogen-bond acceptors (Lipinski definition) is 6. The number of rotatable bonds is 5. The molecule has 19 heavy (non-hydrogen) atoms. The van der Waals surface area contributed by atoms with E-state index in [4.69, 9.17) is 4.74 Å². The first kappa shape index (κ1) is 14.1. The molecule has 0 saturated heterocycles. The van der Waals surface area contributed by atoms with Crippen molar-refractivity contribution in [2.24, 2.45) is 0 Å². The third-order valence-corrected chi connectivity index (χ3v) is 3.79. The third kappa shape index (κ3) is 3.17. The molecule has 0 spiro atoms. The van der Waals surface area contributed by atoms with Crippen molar-refractivity contribution in [3.05, 3.63) is 27.1 Å². The summed E-state index contributed by atoms with van der Waals surface area (Å²) in [5.41, 5.74) is 0.635. The van der Waals surface area contributed by atoms with Gasteiger partial charge in [-0.05, 0) is 20.9 Å². The van der Waals surface area contributed by atoms with Crippen LogP contribution in [0.4, 0.5) is 0 Å². The zero-order valence-corrected chi connectivity index (χ0v) is 12.4. The molecule has 0 aliphatic rings. The Morgan fingerprint density at radius 2 is 2.32 bits per heavy atom. The van der Waals surface area contributed by atoms with Gasteiger partial charge in [0.1, 0.15) is 5.01 Å². The summed E-state index contributed by atoms with van der Waals surface area (Å²) in [6.45, 7) is 5.21. The van der Waals surface area contributed by atoms with Gasteiger partial charge in [0, 0.05) is 25.8 Å². The summed E-state index contributed by atoms with van der Waals surface area (Å²) in [7, 11) is 3.67. The van der Waals surface area contributed by atoms with Crippen LogP contribution in [0.15, 0.2) is 10.9 Å². The minimum Gasteiger partial charge on any atom is -0.383 e. The Labute approximate surface area is 115 Å². The average molecular weight is 282 g/mol. The minimum atomic E-state index is -0.128. The molecule has 7 heteroatoms. The quantitative estimate of drug-likeness (QED) is 0.816. The normalized spacial score (nSPS) is 13.3. The fourth-order valence-electron chi connectivity index (χ4n) is 1.81. The van der Waals surface area contributed by atoms with Crippen LogP contribution >= 0.6 is 11.3 Å². The van der Waals surface area contributed by atoms with Crippen molar-refractivity contribution in [1.29, 1.82) is 0 Å². The first-order valence-electron chi connectivity index (χ1n) is 6.07. The Hall–Kier alpha value is -1.31. The number of aromatic nitrogens is 3. The summed E-state index contributed by atoms with van der Waals surface area (Å²) in [6.07, 6.45) is 0. The predicted octanol–water partition coefficient (Wildman–Crippen LogP) is 0.926. The van der Waals surface area contributed by atoms with Gasteiger partial charge in [-0.15, -0.1) is 0 Å². The van der Waals surface area contributed by atoms with Gasteiger partial charge in [0.05, 0.1) is 12.3 Å². The lowest BCUT2D eigenvalue weighted by Crippen LogP contribution is -2.33. The maximum Gasteiger partial charge on any atom is 0.275 e. The molecule has 0 fully saturated rings. The van der Waals surface area contributed by atoms with Crippen LogP contribution in [-0.2, 0) is 11.3 Å². The summed E-state index contributed by atoms with van der Waals surface area (Å²) in [4.78, 5) is 19.1. The first-order valence-corrected chi connectivity index (χ1v) is 6.88. The molecular weight excluding hydrogens is 264 g/mol. The van der Waals surface area contributed by atoms with Crippen molar-refractivity contribution in [2.45, 2.75) is 26.4 Å². The van der Waals surface area contributed by atoms with E-state index < -0.39 is 0 Å². The summed E-state index contributed by atoms with van der Waals surface area (Å²) in [5, 5.41) is 4.96. The van der Waals surface area contributed by atoms with Gasteiger partial charge in [0.2, 0.25) is 4.96 Å². The summed E-state index contributed by atoms with van der Waals surface area (Å²) in [5.74, 6) is 0. The van der Waals surface area contributed by atoms with Crippen molar-refractivity contribution in [2.75, 3.05) is 20.8 Å². The molecule has 0 aliphatic heterocycles. The maximum atomic E-state index is 11.9. The molecule has 2 aromatic rings. The Bertz CT molecular complexity index is 622. The van der Waals surface area contributed by atoms with Crippen LogP contribution in [0.2, 0.25) is 0 Å². The van der Waals surface area contributed by atoms with Gasteiger partial charge >= 0.3 is 0 Å². The van der Waals surface area contributed by atoms with E-state index in [1.807, 2.05) is 14.0 Å². The molecule has 0 saturated carbocycles. The van der Waals surface area contributed by atoms with Gasteiger partial charge in [-0.2, -0.15) is 9.61 Å². The molecule has 2 rings (SSSR count). The average Bonchev–Trinajstić information content (AvgIpc) is 2.70. The second-order valence-electron chi connectivity index (χ2n) is 4.62. The van der Waals surface area contributed by atoms with Crippen molar-refractivity contribution in [3.63, 3.8) is 0 Å². The number of ether oxygens (including phenoxy) is 1. The number of aryl methyl sites for hydroxylation is 1. The van der Waals surface area contributed by atoms with Crippen LogP contribution < -0.4 is 5.56 Å². The third-order valence-electron chi connectivity index (χ3n) is 2.97. The minimum absolute atomic E-state index is 0.128. The highest BCUT2D eigenvalue weighted by atomic mass is 32.1. The zero-order chi connectivity index (χ0) is 14.0. The zero-order valence-electron chi connectivity index (χ0n) is 11.6. The second kappa shape index (κ2) is 5.77. The van der Waals surface area contributed by atoms with Gasteiger partial charge < -0.3 is 4.74 Å². The Balaban J connectivity index is 2.23. The molecule has 1 atom stereocenters. The molecule has 0 bridgehead atoms. The van der Waals surface area contributed by atoms with Crippen LogP contribution in [-0.4, -0.2) is 46.3 Å². The van der Waals surface area contributed by atoms with E-state index in [0.717, 1.165) is 10.7 Å². The molecule has 2 aromatic heterocycles. The largest absolute Gasteiger partial charge is 0.383 e. The highest BCUT2D eigenvalue weighted by Crippen LogP contribution is 2.11. The van der Waals surface area contributed by atoms with Crippen LogP contribution in [0.1, 0.15) is 17.6 Å². The van der Waals surface area contributed by atoms with Gasteiger partial charge in [-0.25, -0.2) is 4.98 Å². The number of likely N-dealkylation sites (N-methyl/N-ethyl adjacent to an activating group) is 1. The SMILES string of the molecule is COC[C@@H](C)N(C)Cc1cc(=O)n2nc(C)sc2n1. The van der Waals surface area contributed by atoms with Crippen LogP contribution in [0.3, 0.4) is 0 Å². The van der Waals surface area contributed by atoms with E-state index >= 15 is 0 Å². The highest BCUT2D eigenvalue weighted by Gasteiger charge is 2.12. The van der Waals surface area contributed by atoms with Crippen LogP contribution in [0.25, 0.3) is 4.96 Å². The second-order valence-corrected chi connectivity index (χ2v) is 5.78. The number of methoxy groups -OCH3 is 1. The Morgan fingerprint density at radius 1 is 1.58 bits per heavy atom. The van der Waals surface area contributed by atoms with E-state index in [9.17, 15) is 4.79 Å². The Morgan fingerprint density at radius 3 is 3.00 bits per heavy atom. The molecule has 104 valence electrons. The molecular formula is C12H18N4O2S. The van der Waals surface area contributed by atoms with Gasteiger partial charge in [-0.1, -0.05) is 11.3 Å². The summed E-state index contributed by atoms with van der Waals surface area (Å²) >= 11 is 1.42. The molecule has 0 unspecified atom stereocenters. The molecule has 2 heterocycles. The molecule has 0 amide bonds. The van der Waals surface area contributed by atoms with Gasteiger partial charge in [0.15, 0.2) is 0 Å². The molecule has 6 nitrogen and oxygen atoms in total. The summed E-state index contributed by atoms with van der Waals surface area (Å²) in [6, 6.07) is 1.82. The lowest BCUT2D eigenvalue weighted by atomic mass is 10.3. The van der Waals surface area contributed by atoms with Gasteiger partial charge in [0.25, 0.3) is 5.56 Å². The lowest BCUT2D eigenvalue weighted by molar-refractivity contribution is 0.111. The van der Waals surface area contributed by atoms with Crippen LogP contribution in [0, 0.1) is 6.92 Å². The first-order chi connectivity index (χ1) is 9.01. The van der Waals surface area contributed by atoms with E-state index in [-0.39, 0.29) is 11.6 Å². The van der Waals surface area contributed by atoms with Gasteiger partial charge in [-0.3, -0.25) is 9.69 Å². The molecule has 0 aliphatic carbocycles. The van der Waals surface area contributed by atoms with Crippen LogP contribution in [0.5, 0.6) is 0 Å². The lowest BCUT2D eigenvalue weighted by Gasteiger charge is -2.23. The van der Waals surface area contributed by atoms with E-state index in [1.165, 1.54) is 15.9 Å². The fourth-order valence-corrected chi connectivity index (χ4v) is 2.58. The monoisotopic (exact) mass is 282 g/mol. The number of nitrogens with zero attached hydrogens (tertiary/aromatic N) is 4. The van der Waals surface area contributed by atoms with E-state index in [0.29, 0.717) is 18.1 Å². The Kier molecular flexibility index (Phi) is 4.28. The topological polar surface area (TPSA) is 59.7 Å². The van der Waals surface area contributed by atoms with Crippen molar-refractivity contribution in [1.82, 2.24) is 19.5 Å². The van der Waals surface area contributed by atoms with Crippen molar-refractivity contribution >= 4 is 16.3 Å². The highest BCUT2D eigenvalue weighted by molar-refractivity contribution is 7.16. The molecule has 0 aromatic carbocycles. The van der Waals surface area contributed by atoms with Crippen molar-refractivity contribution in [3.8, 4) is 0 Å². The molecule has 0 radical (unpaired) electrons. The number of fused-ring (bicyclic) bond motifs is 1. The maximum absolute atomic E-state index is 11.9. The van der Waals surface area contributed by atoms with E-state index in [1.54, 1.807) is 13.2 Å². The number of hydrogen-bond donors (Lipinski definition) is 0. The predicted molar refractivity (Wildman–Crippen MR) is 74.7 cm³/mol. The standard InChI is InChI=1S/C12H18N4O2S/c1-8(7-18-4)15(3)6-10-5-11(17)16-12(13-10)19-9(2)14-16/h5,8H,6-7H2,1-4H3/t8-/m1/s1. The summed E-state index contributed by atoms with van der Waals surface area (Å²) < 4.78 is 6.47. The fraction of sp³-hybridized carbons (Fsp3) is 0.583. The smallest absolute Gasteiger partial charge is 0.275 e. The van der Waals surface area contributed by atoms with Crippen molar-refractivity contribution < 1.29 is 4.74 Å². The van der Waals surface area contributed by atoms with E-state index in [2.05, 4.69) is 21.9 Å².